The van der Waals surface area contributed by atoms with Crippen LogP contribution in [0.1, 0.15) is 74.6 Å². The molecule has 6 heteroatoms. The average molecular weight is 481 g/mol. The lowest BCUT2D eigenvalue weighted by Crippen LogP contribution is -2.16. The molecule has 2 heterocycles. The van der Waals surface area contributed by atoms with Gasteiger partial charge in [0.25, 0.3) is 0 Å². The Labute approximate surface area is 203 Å². The summed E-state index contributed by atoms with van der Waals surface area (Å²) >= 11 is 0. The van der Waals surface area contributed by atoms with Crippen molar-refractivity contribution in [3.63, 3.8) is 0 Å². The van der Waals surface area contributed by atoms with E-state index in [9.17, 15) is 17.6 Å². The van der Waals surface area contributed by atoms with E-state index in [1.54, 1.807) is 26.0 Å². The molecule has 34 heavy (non-hydrogen) atoms. The molecule has 2 aromatic carbocycles. The van der Waals surface area contributed by atoms with Crippen LogP contribution in [0.2, 0.25) is 0 Å². The molecule has 4 rings (SSSR count). The summed E-state index contributed by atoms with van der Waals surface area (Å²) < 4.78 is 52.2. The third-order valence-corrected chi connectivity index (χ3v) is 6.53. The Hall–Kier alpha value is -1.92. The molecule has 0 N–H and O–H groups in total. The zero-order chi connectivity index (χ0) is 25.5. The number of hydrogen-bond donors (Lipinski definition) is 0. The van der Waals surface area contributed by atoms with E-state index < -0.39 is 17.4 Å². The maximum atomic E-state index is 13.9. The molecular weight excluding hydrogens is 440 g/mol. The molecule has 0 radical (unpaired) electrons. The third-order valence-electron chi connectivity index (χ3n) is 6.53. The first-order chi connectivity index (χ1) is 15.9. The summed E-state index contributed by atoms with van der Waals surface area (Å²) in [7, 11) is 4.08. The monoisotopic (exact) mass is 480 g/mol. The van der Waals surface area contributed by atoms with E-state index in [4.69, 9.17) is 0 Å². The van der Waals surface area contributed by atoms with Gasteiger partial charge in [0, 0.05) is 13.1 Å². The highest BCUT2D eigenvalue weighted by Gasteiger charge is 2.36. The zero-order valence-corrected chi connectivity index (χ0v) is 21.4. The van der Waals surface area contributed by atoms with Gasteiger partial charge < -0.3 is 9.80 Å². The number of halogens is 4. The minimum Gasteiger partial charge on any atom is -0.306 e. The van der Waals surface area contributed by atoms with Crippen LogP contribution >= 0.6 is 0 Å². The van der Waals surface area contributed by atoms with Gasteiger partial charge in [0.15, 0.2) is 0 Å². The quantitative estimate of drug-likeness (QED) is 0.421. The molecule has 0 amide bonds. The Morgan fingerprint density at radius 1 is 0.765 bits per heavy atom. The Morgan fingerprint density at radius 3 is 1.82 bits per heavy atom. The third kappa shape index (κ3) is 7.81. The first-order valence-electron chi connectivity index (χ1n) is 12.3. The number of hydrogen-bond acceptors (Lipinski definition) is 2. The molecule has 2 aliphatic rings. The summed E-state index contributed by atoms with van der Waals surface area (Å²) in [6.07, 6.45) is -2.24. The van der Waals surface area contributed by atoms with Crippen LogP contribution < -0.4 is 0 Å². The van der Waals surface area contributed by atoms with Crippen molar-refractivity contribution >= 4 is 0 Å². The summed E-state index contributed by atoms with van der Waals surface area (Å²) in [5.74, 6) is 0.593. The number of alkyl halides is 4. The SMILES string of the molecule is CC.CN1CCC(c2cccc(C(C)(C)F)c2)C1.CN1CCC(c2ccccc2C(F)(F)F)C1. The van der Waals surface area contributed by atoms with Crippen LogP contribution in [0.4, 0.5) is 17.6 Å². The van der Waals surface area contributed by atoms with E-state index >= 15 is 0 Å². The second kappa shape index (κ2) is 12.2. The van der Waals surface area contributed by atoms with Crippen LogP contribution in [-0.4, -0.2) is 50.1 Å². The van der Waals surface area contributed by atoms with E-state index in [2.05, 4.69) is 22.9 Å². The molecule has 2 aliphatic heterocycles. The predicted octanol–water partition coefficient (Wildman–Crippen LogP) is 7.46. The Bertz CT molecular complexity index is 888. The molecule has 0 saturated carbocycles. The summed E-state index contributed by atoms with van der Waals surface area (Å²) in [6.45, 7) is 11.1. The van der Waals surface area contributed by atoms with Crippen molar-refractivity contribution < 1.29 is 17.6 Å². The topological polar surface area (TPSA) is 6.48 Å². The highest BCUT2D eigenvalue weighted by Crippen LogP contribution is 2.38. The summed E-state index contributed by atoms with van der Waals surface area (Å²) in [5.41, 5.74) is 0.808. The molecule has 2 aromatic rings. The van der Waals surface area contributed by atoms with Gasteiger partial charge in [0.1, 0.15) is 5.67 Å². The first kappa shape index (κ1) is 28.3. The predicted molar refractivity (Wildman–Crippen MR) is 133 cm³/mol. The van der Waals surface area contributed by atoms with Crippen LogP contribution in [0, 0.1) is 0 Å². The van der Waals surface area contributed by atoms with Crippen molar-refractivity contribution in [2.45, 2.75) is 64.2 Å². The van der Waals surface area contributed by atoms with Crippen molar-refractivity contribution in [2.75, 3.05) is 40.3 Å². The average Bonchev–Trinajstić information content (AvgIpc) is 3.43. The molecule has 2 nitrogen and oxygen atoms in total. The fourth-order valence-electron chi connectivity index (χ4n) is 4.67. The lowest BCUT2D eigenvalue weighted by molar-refractivity contribution is -0.138. The number of likely N-dealkylation sites (N-methyl/N-ethyl adjacent to an activating group) is 2. The van der Waals surface area contributed by atoms with E-state index in [1.807, 2.05) is 39.1 Å². The number of rotatable bonds is 3. The van der Waals surface area contributed by atoms with Crippen molar-refractivity contribution in [2.24, 2.45) is 0 Å². The van der Waals surface area contributed by atoms with Gasteiger partial charge in [-0.15, -0.1) is 0 Å². The number of nitrogens with zero attached hydrogens (tertiary/aromatic N) is 2. The summed E-state index contributed by atoms with van der Waals surface area (Å²) in [5, 5.41) is 0. The molecule has 0 bridgehead atoms. The summed E-state index contributed by atoms with van der Waals surface area (Å²) in [4.78, 5) is 4.40. The van der Waals surface area contributed by atoms with Gasteiger partial charge in [-0.2, -0.15) is 13.2 Å². The number of benzene rings is 2. The van der Waals surface area contributed by atoms with Gasteiger partial charge in [0.05, 0.1) is 5.56 Å². The normalized spacial score (nSPS) is 21.5. The zero-order valence-electron chi connectivity index (χ0n) is 21.4. The van der Waals surface area contributed by atoms with Crippen LogP contribution in [0.25, 0.3) is 0 Å². The molecule has 0 aromatic heterocycles. The van der Waals surface area contributed by atoms with Gasteiger partial charge >= 0.3 is 6.18 Å². The smallest absolute Gasteiger partial charge is 0.306 e. The van der Waals surface area contributed by atoms with Crippen LogP contribution in [0.5, 0.6) is 0 Å². The Balaban J connectivity index is 0.000000224. The second-order valence-electron chi connectivity index (χ2n) is 9.68. The van der Waals surface area contributed by atoms with E-state index in [0.29, 0.717) is 18.0 Å². The summed E-state index contributed by atoms with van der Waals surface area (Å²) in [6, 6.07) is 13.9. The second-order valence-corrected chi connectivity index (χ2v) is 9.68. The standard InChI is InChI=1S/C14H20FN.C12H14F3N.C2H6/c1-14(2,15)13-6-4-5-11(9-13)12-7-8-16(3)10-12;1-16-7-6-9(8-16)10-4-2-3-5-11(10)12(13,14)15;1-2/h4-6,9,12H,7-8,10H2,1-3H3;2-5,9H,6-8H2,1H3;1-2H3. The highest BCUT2D eigenvalue weighted by molar-refractivity contribution is 5.33. The van der Waals surface area contributed by atoms with E-state index in [1.165, 1.54) is 24.1 Å². The van der Waals surface area contributed by atoms with Crippen molar-refractivity contribution in [1.29, 1.82) is 0 Å². The molecule has 2 unspecified atom stereocenters. The Kier molecular flexibility index (Phi) is 10.1. The molecule has 2 atom stereocenters. The van der Waals surface area contributed by atoms with Crippen LogP contribution in [-0.2, 0) is 11.8 Å². The fourth-order valence-corrected chi connectivity index (χ4v) is 4.67. The minimum atomic E-state index is -4.24. The molecule has 2 saturated heterocycles. The van der Waals surface area contributed by atoms with Crippen molar-refractivity contribution in [1.82, 2.24) is 9.80 Å². The van der Waals surface area contributed by atoms with Gasteiger partial charge in [0.2, 0.25) is 0 Å². The lowest BCUT2D eigenvalue weighted by Gasteiger charge is -2.18. The van der Waals surface area contributed by atoms with Gasteiger partial charge in [-0.3, -0.25) is 0 Å². The van der Waals surface area contributed by atoms with Gasteiger partial charge in [-0.25, -0.2) is 4.39 Å². The lowest BCUT2D eigenvalue weighted by atomic mass is 9.92. The Morgan fingerprint density at radius 2 is 1.32 bits per heavy atom. The van der Waals surface area contributed by atoms with Crippen molar-refractivity contribution in [3.8, 4) is 0 Å². The van der Waals surface area contributed by atoms with E-state index in [0.717, 1.165) is 31.6 Å². The van der Waals surface area contributed by atoms with Gasteiger partial charge in [-0.1, -0.05) is 56.3 Å². The number of likely N-dealkylation sites (tertiary alicyclic amines) is 2. The van der Waals surface area contributed by atoms with E-state index in [-0.39, 0.29) is 5.92 Å². The molecule has 2 fully saturated rings. The van der Waals surface area contributed by atoms with Crippen LogP contribution in [0.15, 0.2) is 48.5 Å². The van der Waals surface area contributed by atoms with Crippen molar-refractivity contribution in [3.05, 3.63) is 70.8 Å². The first-order valence-corrected chi connectivity index (χ1v) is 12.3. The fraction of sp³-hybridized carbons (Fsp3) is 0.571. The minimum absolute atomic E-state index is 0.0165. The maximum Gasteiger partial charge on any atom is 0.416 e. The highest BCUT2D eigenvalue weighted by atomic mass is 19.4. The van der Waals surface area contributed by atoms with Crippen LogP contribution in [0.3, 0.4) is 0 Å². The largest absolute Gasteiger partial charge is 0.416 e. The van der Waals surface area contributed by atoms with Gasteiger partial charge in [-0.05, 0) is 88.5 Å². The molecule has 0 aliphatic carbocycles. The molecular formula is C28H40F4N2. The molecule has 0 spiro atoms. The maximum absolute atomic E-state index is 13.9. The molecule has 190 valence electrons.